The lowest BCUT2D eigenvalue weighted by atomic mass is 10.1. The van der Waals surface area contributed by atoms with E-state index >= 15 is 0 Å². The number of para-hydroxylation sites is 6. The topological polar surface area (TPSA) is 138 Å². The molecule has 0 fully saturated rings. The van der Waals surface area contributed by atoms with Gasteiger partial charge in [0.2, 0.25) is 0 Å². The molecule has 3 N–H and O–H groups in total. The Balaban J connectivity index is 0.000000134. The molecule has 3 aliphatic heterocycles. The van der Waals surface area contributed by atoms with E-state index in [2.05, 4.69) is 166 Å². The summed E-state index contributed by atoms with van der Waals surface area (Å²) >= 11 is 0. The van der Waals surface area contributed by atoms with E-state index in [4.69, 9.17) is 9.94 Å². The largest absolute Gasteiger partial charge is 0.465 e. The Kier molecular flexibility index (Phi) is 17.5. The van der Waals surface area contributed by atoms with Crippen LogP contribution in [-0.4, -0.2) is 43.6 Å². The van der Waals surface area contributed by atoms with Gasteiger partial charge in [-0.05, 0) is 117 Å². The Labute approximate surface area is 459 Å². The second kappa shape index (κ2) is 25.9. The maximum absolute atomic E-state index is 11.6. The molecule has 0 saturated heterocycles. The average molecular weight is 1040 g/mol. The van der Waals surface area contributed by atoms with Crippen LogP contribution in [0, 0.1) is 0 Å². The van der Waals surface area contributed by atoms with Crippen molar-refractivity contribution in [2.45, 2.75) is 13.1 Å². The van der Waals surface area contributed by atoms with E-state index < -0.39 is 11.9 Å². The van der Waals surface area contributed by atoms with Crippen LogP contribution < -0.4 is 20.6 Å². The number of fused-ring (bicyclic) bond motifs is 6. The number of hydroxylamine groups is 1. The van der Waals surface area contributed by atoms with Crippen LogP contribution in [0.15, 0.2) is 218 Å². The zero-order chi connectivity index (χ0) is 54.9. The van der Waals surface area contributed by atoms with Gasteiger partial charge in [-0.3, -0.25) is 14.8 Å². The fraction of sp³-hybridized carbons (Fsp3) is 0.0588. The summed E-state index contributed by atoms with van der Waals surface area (Å²) in [6.45, 7) is 1.40. The summed E-state index contributed by atoms with van der Waals surface area (Å²) < 4.78 is 9.26. The van der Waals surface area contributed by atoms with Crippen LogP contribution in [0.1, 0.15) is 85.9 Å². The van der Waals surface area contributed by atoms with Gasteiger partial charge in [0.25, 0.3) is 5.91 Å². The van der Waals surface area contributed by atoms with E-state index in [0.29, 0.717) is 28.8 Å². The van der Waals surface area contributed by atoms with Crippen LogP contribution in [0.25, 0.3) is 36.5 Å². The van der Waals surface area contributed by atoms with Gasteiger partial charge >= 0.3 is 11.9 Å². The predicted octanol–water partition coefficient (Wildman–Crippen LogP) is 15.1. The maximum atomic E-state index is 11.6. The molecule has 0 spiro atoms. The number of amides is 1. The monoisotopic (exact) mass is 1040 g/mol. The standard InChI is InChI=1S/C23H19NO2.C22H18N2O2.C14H11N.C9H8O3/c1-26-23(25)20-12-10-17(11-13-20)16-24-21-8-4-2-6-18(21)14-15-19-7-3-5-9-22(19)24;25-22(23-26)19-11-9-16(10-12-19)15-24-20-7-3-1-5-17(20)13-14-18-6-2-4-8-21(18)24;1-3-7-13-11(5-1)9-10-12-6-2-4-8-14(12)15-13;1-12-9(11)8-4-2-7(6-10)3-5-8/h2-15H,16H2,1H3;1-14,26H,15H2,(H,23,25);1-10,15H;2-6H,1H3. The summed E-state index contributed by atoms with van der Waals surface area (Å²) in [6.07, 6.45) is 13.6. The number of ether oxygens (including phenoxy) is 2. The Morgan fingerprint density at radius 2 is 0.722 bits per heavy atom. The lowest BCUT2D eigenvalue weighted by Crippen LogP contribution is -2.19. The summed E-state index contributed by atoms with van der Waals surface area (Å²) in [7, 11) is 2.71. The molecule has 9 aromatic carbocycles. The number of nitrogens with zero attached hydrogens (tertiary/aromatic N) is 2. The molecule has 0 radical (unpaired) electrons. The smallest absolute Gasteiger partial charge is 0.337 e. The van der Waals surface area contributed by atoms with Crippen molar-refractivity contribution in [2.75, 3.05) is 29.3 Å². The number of methoxy groups -OCH3 is 2. The van der Waals surface area contributed by atoms with Crippen molar-refractivity contribution < 1.29 is 33.9 Å². The molecule has 12 rings (SSSR count). The lowest BCUT2D eigenvalue weighted by Gasteiger charge is -2.27. The molecule has 0 aliphatic carbocycles. The van der Waals surface area contributed by atoms with Gasteiger partial charge in [0, 0.05) is 58.3 Å². The highest BCUT2D eigenvalue weighted by Crippen LogP contribution is 2.39. The number of nitrogens with one attached hydrogen (secondary N) is 2. The third-order valence-electron chi connectivity index (χ3n) is 13.3. The van der Waals surface area contributed by atoms with Gasteiger partial charge in [0.1, 0.15) is 6.29 Å². The van der Waals surface area contributed by atoms with Crippen molar-refractivity contribution in [1.82, 2.24) is 5.48 Å². The minimum atomic E-state index is -0.508. The van der Waals surface area contributed by atoms with Crippen LogP contribution in [0.2, 0.25) is 0 Å². The lowest BCUT2D eigenvalue weighted by molar-refractivity contribution is 0.0592. The van der Waals surface area contributed by atoms with Crippen molar-refractivity contribution in [1.29, 1.82) is 0 Å². The van der Waals surface area contributed by atoms with Crippen LogP contribution >= 0.6 is 0 Å². The van der Waals surface area contributed by atoms with E-state index in [1.807, 2.05) is 72.8 Å². The number of hydrogen-bond donors (Lipinski definition) is 3. The molecular formula is C68H56N4O7. The zero-order valence-electron chi connectivity index (χ0n) is 43.5. The van der Waals surface area contributed by atoms with Crippen molar-refractivity contribution in [3.63, 3.8) is 0 Å². The van der Waals surface area contributed by atoms with Crippen LogP contribution in [0.4, 0.5) is 34.1 Å². The Bertz CT molecular complexity index is 3390. The molecule has 0 bridgehead atoms. The SMILES string of the molecule is C1=Cc2ccccc2Nc2ccccc21.COC(=O)c1ccc(C=O)cc1.COC(=O)c1ccc(CN2c3ccccc3C=Cc3ccccc32)cc1.O=C(NO)c1ccc(CN2c3ccccc3C=Cc3ccccc32)cc1. The minimum Gasteiger partial charge on any atom is -0.465 e. The van der Waals surface area contributed by atoms with Crippen LogP contribution in [0.5, 0.6) is 0 Å². The third-order valence-corrected chi connectivity index (χ3v) is 13.3. The first-order valence-electron chi connectivity index (χ1n) is 25.5. The molecule has 0 saturated carbocycles. The average Bonchev–Trinajstić information content (AvgIpc) is 3.91. The van der Waals surface area contributed by atoms with E-state index in [1.54, 1.807) is 41.9 Å². The first kappa shape index (κ1) is 53.5. The van der Waals surface area contributed by atoms with Crippen molar-refractivity contribution >= 4 is 94.7 Å². The Morgan fingerprint density at radius 1 is 0.418 bits per heavy atom. The summed E-state index contributed by atoms with van der Waals surface area (Å²) in [5.74, 6) is -1.22. The quantitative estimate of drug-likeness (QED) is 0.0584. The molecule has 9 aromatic rings. The van der Waals surface area contributed by atoms with Gasteiger partial charge in [0.05, 0.1) is 25.3 Å². The summed E-state index contributed by atoms with van der Waals surface area (Å²) in [4.78, 5) is 48.9. The highest BCUT2D eigenvalue weighted by molar-refractivity contribution is 5.94. The second-order valence-corrected chi connectivity index (χ2v) is 18.3. The van der Waals surface area contributed by atoms with E-state index in [0.717, 1.165) is 35.3 Å². The fourth-order valence-corrected chi connectivity index (χ4v) is 9.16. The third kappa shape index (κ3) is 13.2. The normalized spacial score (nSPS) is 11.7. The molecule has 0 aromatic heterocycles. The van der Waals surface area contributed by atoms with Gasteiger partial charge in [-0.2, -0.15) is 0 Å². The molecule has 3 aliphatic rings. The molecule has 1 amide bonds. The van der Waals surface area contributed by atoms with Crippen molar-refractivity contribution in [3.05, 3.63) is 285 Å². The molecule has 79 heavy (non-hydrogen) atoms. The number of anilines is 6. The summed E-state index contributed by atoms with van der Waals surface area (Å²) in [6, 6.07) is 71.2. The summed E-state index contributed by atoms with van der Waals surface area (Å²) in [5.41, 5.74) is 20.0. The second-order valence-electron chi connectivity index (χ2n) is 18.3. The van der Waals surface area contributed by atoms with Gasteiger partial charge in [-0.15, -0.1) is 0 Å². The van der Waals surface area contributed by atoms with Gasteiger partial charge in [-0.1, -0.05) is 182 Å². The highest BCUT2D eigenvalue weighted by atomic mass is 16.5. The van der Waals surface area contributed by atoms with Gasteiger partial charge in [0.15, 0.2) is 0 Å². The zero-order valence-corrected chi connectivity index (χ0v) is 43.5. The molecule has 390 valence electrons. The first-order valence-corrected chi connectivity index (χ1v) is 25.5. The Hall–Kier alpha value is -10.4. The maximum Gasteiger partial charge on any atom is 0.337 e. The van der Waals surface area contributed by atoms with E-state index in [9.17, 15) is 19.2 Å². The number of benzene rings is 9. The minimum absolute atomic E-state index is 0.314. The predicted molar refractivity (Wildman–Crippen MR) is 317 cm³/mol. The van der Waals surface area contributed by atoms with E-state index in [1.165, 1.54) is 70.3 Å². The first-order chi connectivity index (χ1) is 38.7. The number of rotatable bonds is 8. The van der Waals surface area contributed by atoms with Crippen molar-refractivity contribution in [2.24, 2.45) is 0 Å². The van der Waals surface area contributed by atoms with Gasteiger partial charge < -0.3 is 24.6 Å². The number of carbonyl (C=O) groups excluding carboxylic acids is 4. The number of hydrogen-bond acceptors (Lipinski definition) is 10. The number of esters is 2. The molecule has 0 atom stereocenters. The van der Waals surface area contributed by atoms with Crippen LogP contribution in [-0.2, 0) is 22.6 Å². The van der Waals surface area contributed by atoms with Gasteiger partial charge in [-0.25, -0.2) is 15.1 Å². The number of aldehydes is 1. The van der Waals surface area contributed by atoms with E-state index in [-0.39, 0.29) is 5.97 Å². The van der Waals surface area contributed by atoms with Crippen molar-refractivity contribution in [3.8, 4) is 0 Å². The summed E-state index contributed by atoms with van der Waals surface area (Å²) in [5, 5.41) is 12.2. The molecule has 3 heterocycles. The number of carbonyl (C=O) groups is 4. The highest BCUT2D eigenvalue weighted by Gasteiger charge is 2.20. The molecular weight excluding hydrogens is 985 g/mol. The Morgan fingerprint density at radius 3 is 1.06 bits per heavy atom. The molecule has 0 unspecified atom stereocenters. The molecule has 11 heteroatoms. The van der Waals surface area contributed by atoms with Crippen LogP contribution in [0.3, 0.4) is 0 Å². The molecule has 11 nitrogen and oxygen atoms in total. The fourth-order valence-electron chi connectivity index (χ4n) is 9.16.